The summed E-state index contributed by atoms with van der Waals surface area (Å²) in [6.07, 6.45) is 1.72. The number of aliphatic hydroxyl groups is 1. The number of aryl methyl sites for hydroxylation is 1. The van der Waals surface area contributed by atoms with Gasteiger partial charge in [-0.3, -0.25) is 14.5 Å². The van der Waals surface area contributed by atoms with Gasteiger partial charge in [0.2, 0.25) is 0 Å². The molecule has 6 nitrogen and oxygen atoms in total. The highest BCUT2D eigenvalue weighted by Gasteiger charge is 2.47. The maximum absolute atomic E-state index is 13.3. The molecule has 3 aromatic rings. The maximum Gasteiger partial charge on any atom is 0.300 e. The molecule has 5 rings (SSSR count). The molecule has 0 radical (unpaired) electrons. The minimum Gasteiger partial charge on any atom is -0.507 e. The molecule has 34 heavy (non-hydrogen) atoms. The molecule has 1 saturated heterocycles. The van der Waals surface area contributed by atoms with Crippen molar-refractivity contribution in [2.75, 3.05) is 18.1 Å². The smallest absolute Gasteiger partial charge is 0.300 e. The van der Waals surface area contributed by atoms with Gasteiger partial charge in [-0.15, -0.1) is 0 Å². The summed E-state index contributed by atoms with van der Waals surface area (Å²) >= 11 is 0. The van der Waals surface area contributed by atoms with Crippen LogP contribution in [-0.2, 0) is 16.0 Å². The van der Waals surface area contributed by atoms with Gasteiger partial charge in [-0.2, -0.15) is 0 Å². The second-order valence-electron chi connectivity index (χ2n) is 8.28. The number of benzene rings is 3. The summed E-state index contributed by atoms with van der Waals surface area (Å²) in [5.74, 6) is -0.212. The average Bonchev–Trinajstić information content (AvgIpc) is 3.14. The molecule has 2 aliphatic heterocycles. The summed E-state index contributed by atoms with van der Waals surface area (Å²) in [4.78, 5) is 28.1. The lowest BCUT2D eigenvalue weighted by Gasteiger charge is -2.26. The van der Waals surface area contributed by atoms with Crippen molar-refractivity contribution in [3.8, 4) is 11.5 Å². The minimum atomic E-state index is -0.773. The van der Waals surface area contributed by atoms with Gasteiger partial charge in [0.15, 0.2) is 0 Å². The highest BCUT2D eigenvalue weighted by molar-refractivity contribution is 6.51. The molecule has 2 heterocycles. The van der Waals surface area contributed by atoms with Gasteiger partial charge in [0, 0.05) is 17.3 Å². The van der Waals surface area contributed by atoms with E-state index in [0.29, 0.717) is 30.2 Å². The molecule has 172 valence electrons. The fraction of sp³-hybridized carbons (Fsp3) is 0.214. The number of anilines is 1. The van der Waals surface area contributed by atoms with E-state index in [1.807, 2.05) is 49.4 Å². The molecule has 1 N–H and O–H groups in total. The summed E-state index contributed by atoms with van der Waals surface area (Å²) in [6, 6.07) is 21.0. The van der Waals surface area contributed by atoms with Crippen molar-refractivity contribution in [3.05, 3.63) is 95.1 Å². The first kappa shape index (κ1) is 21.8. The lowest BCUT2D eigenvalue weighted by molar-refractivity contribution is -0.132. The van der Waals surface area contributed by atoms with Crippen LogP contribution in [0.4, 0.5) is 5.69 Å². The lowest BCUT2D eigenvalue weighted by Crippen LogP contribution is -2.29. The SMILES string of the molecule is CCOc1cccc(N2C(=O)C(=O)/C(=C(\O)c3ccc4c(c3)CCCO4)C2c2ccccc2)c1. The highest BCUT2D eigenvalue weighted by atomic mass is 16.5. The number of aliphatic hydroxyl groups excluding tert-OH is 1. The van der Waals surface area contributed by atoms with Gasteiger partial charge in [-0.05, 0) is 61.2 Å². The standard InChI is InChI=1S/C28H25NO5/c1-2-33-22-12-6-11-21(17-22)29-25(18-8-4-3-5-9-18)24(27(31)28(29)32)26(30)20-13-14-23-19(16-20)10-7-15-34-23/h3-6,8-9,11-14,16-17,25,30H,2,7,10,15H2,1H3/b26-24-. The van der Waals surface area contributed by atoms with Crippen LogP contribution >= 0.6 is 0 Å². The van der Waals surface area contributed by atoms with Gasteiger partial charge >= 0.3 is 0 Å². The van der Waals surface area contributed by atoms with Crippen LogP contribution in [0.1, 0.15) is 36.1 Å². The number of amides is 1. The summed E-state index contributed by atoms with van der Waals surface area (Å²) < 4.78 is 11.3. The molecule has 0 spiro atoms. The zero-order valence-corrected chi connectivity index (χ0v) is 18.9. The normalized spacial score (nSPS) is 19.0. The third-order valence-electron chi connectivity index (χ3n) is 6.15. The molecule has 0 bridgehead atoms. The number of hydrogen-bond donors (Lipinski definition) is 1. The van der Waals surface area contributed by atoms with Crippen LogP contribution in [0.15, 0.2) is 78.4 Å². The molecule has 1 atom stereocenters. The molecule has 1 amide bonds. The molecular formula is C28H25NO5. The van der Waals surface area contributed by atoms with Crippen molar-refractivity contribution < 1.29 is 24.2 Å². The van der Waals surface area contributed by atoms with Crippen LogP contribution in [0.2, 0.25) is 0 Å². The third-order valence-corrected chi connectivity index (χ3v) is 6.15. The van der Waals surface area contributed by atoms with E-state index < -0.39 is 17.7 Å². The second-order valence-corrected chi connectivity index (χ2v) is 8.28. The first-order chi connectivity index (χ1) is 16.6. The van der Waals surface area contributed by atoms with Crippen LogP contribution in [0.5, 0.6) is 11.5 Å². The Kier molecular flexibility index (Phi) is 5.80. The van der Waals surface area contributed by atoms with Crippen LogP contribution in [0.3, 0.4) is 0 Å². The number of hydrogen-bond acceptors (Lipinski definition) is 5. The Bertz CT molecular complexity index is 1280. The zero-order chi connectivity index (χ0) is 23.7. The summed E-state index contributed by atoms with van der Waals surface area (Å²) in [6.45, 7) is 3.02. The van der Waals surface area contributed by atoms with E-state index in [2.05, 4.69) is 0 Å². The molecule has 0 aromatic heterocycles. The van der Waals surface area contributed by atoms with Crippen molar-refractivity contribution in [1.82, 2.24) is 0 Å². The molecule has 6 heteroatoms. The Balaban J connectivity index is 1.66. The molecule has 1 fully saturated rings. The molecule has 1 unspecified atom stereocenters. The number of Topliss-reactive ketones (excluding diaryl/α,β-unsaturated/α-hetero) is 1. The lowest BCUT2D eigenvalue weighted by atomic mass is 9.94. The summed E-state index contributed by atoms with van der Waals surface area (Å²) in [5, 5.41) is 11.4. The van der Waals surface area contributed by atoms with Gasteiger partial charge in [0.25, 0.3) is 11.7 Å². The molecule has 2 aliphatic rings. The Morgan fingerprint density at radius 3 is 2.68 bits per heavy atom. The maximum atomic E-state index is 13.3. The van der Waals surface area contributed by atoms with Crippen molar-refractivity contribution in [1.29, 1.82) is 0 Å². The van der Waals surface area contributed by atoms with Crippen LogP contribution < -0.4 is 14.4 Å². The molecule has 0 saturated carbocycles. The fourth-order valence-electron chi connectivity index (χ4n) is 4.60. The average molecular weight is 456 g/mol. The Hall–Kier alpha value is -4.06. The van der Waals surface area contributed by atoms with E-state index >= 15 is 0 Å². The Labute approximate surface area is 198 Å². The van der Waals surface area contributed by atoms with Gasteiger partial charge < -0.3 is 14.6 Å². The topological polar surface area (TPSA) is 76.1 Å². The number of carbonyl (C=O) groups excluding carboxylic acids is 2. The van der Waals surface area contributed by atoms with Crippen LogP contribution in [0.25, 0.3) is 5.76 Å². The fourth-order valence-corrected chi connectivity index (χ4v) is 4.60. The second kappa shape index (κ2) is 9.06. The molecule has 3 aromatic carbocycles. The van der Waals surface area contributed by atoms with E-state index in [1.165, 1.54) is 4.90 Å². The monoisotopic (exact) mass is 455 g/mol. The molecule has 0 aliphatic carbocycles. The quantitative estimate of drug-likeness (QED) is 0.332. The predicted molar refractivity (Wildman–Crippen MR) is 129 cm³/mol. The van der Waals surface area contributed by atoms with E-state index in [-0.39, 0.29) is 11.3 Å². The van der Waals surface area contributed by atoms with E-state index in [1.54, 1.807) is 30.3 Å². The van der Waals surface area contributed by atoms with E-state index in [9.17, 15) is 14.7 Å². The first-order valence-electron chi connectivity index (χ1n) is 11.4. The van der Waals surface area contributed by atoms with Crippen LogP contribution in [-0.4, -0.2) is 30.0 Å². The number of ether oxygens (including phenoxy) is 2. The van der Waals surface area contributed by atoms with Crippen LogP contribution in [0, 0.1) is 0 Å². The van der Waals surface area contributed by atoms with E-state index in [0.717, 1.165) is 29.7 Å². The number of nitrogens with zero attached hydrogens (tertiary/aromatic N) is 1. The molecular weight excluding hydrogens is 430 g/mol. The van der Waals surface area contributed by atoms with Crippen molar-refractivity contribution in [2.24, 2.45) is 0 Å². The first-order valence-corrected chi connectivity index (χ1v) is 11.4. The number of fused-ring (bicyclic) bond motifs is 1. The van der Waals surface area contributed by atoms with Gasteiger partial charge in [-0.25, -0.2) is 0 Å². The van der Waals surface area contributed by atoms with E-state index in [4.69, 9.17) is 9.47 Å². The Morgan fingerprint density at radius 2 is 1.88 bits per heavy atom. The minimum absolute atomic E-state index is 0.0645. The number of carbonyl (C=O) groups is 2. The predicted octanol–water partition coefficient (Wildman–Crippen LogP) is 5.04. The number of rotatable bonds is 5. The third kappa shape index (κ3) is 3.81. The highest BCUT2D eigenvalue weighted by Crippen LogP contribution is 2.43. The van der Waals surface area contributed by atoms with Crippen molar-refractivity contribution in [3.63, 3.8) is 0 Å². The largest absolute Gasteiger partial charge is 0.507 e. The van der Waals surface area contributed by atoms with Gasteiger partial charge in [0.05, 0.1) is 24.8 Å². The number of ketones is 1. The van der Waals surface area contributed by atoms with Crippen molar-refractivity contribution >= 4 is 23.1 Å². The van der Waals surface area contributed by atoms with Gasteiger partial charge in [0.1, 0.15) is 17.3 Å². The zero-order valence-electron chi connectivity index (χ0n) is 18.9. The van der Waals surface area contributed by atoms with Gasteiger partial charge in [-0.1, -0.05) is 36.4 Å². The van der Waals surface area contributed by atoms with Crippen molar-refractivity contribution in [2.45, 2.75) is 25.8 Å². The Morgan fingerprint density at radius 1 is 1.06 bits per heavy atom. The summed E-state index contributed by atoms with van der Waals surface area (Å²) in [7, 11) is 0. The summed E-state index contributed by atoms with van der Waals surface area (Å²) in [5.41, 5.74) is 2.79.